The molecule has 8 heteroatoms. The molecule has 0 heterocycles. The quantitative estimate of drug-likeness (QED) is 0.514. The van der Waals surface area contributed by atoms with Crippen LogP contribution in [0, 0.1) is 27.6 Å². The Morgan fingerprint density at radius 3 is 2.20 bits per heavy atom. The van der Waals surface area contributed by atoms with Crippen LogP contribution in [0.4, 0.5) is 35.9 Å². The van der Waals surface area contributed by atoms with E-state index in [1.54, 1.807) is 0 Å². The molecule has 0 aliphatic rings. The maximum atomic E-state index is 13.4. The summed E-state index contributed by atoms with van der Waals surface area (Å²) in [7, 11) is 0. The molecule has 2 rings (SSSR count). The van der Waals surface area contributed by atoms with Crippen LogP contribution in [0.2, 0.25) is 0 Å². The number of hydrogen-bond donors (Lipinski definition) is 2. The molecule has 0 atom stereocenters. The highest BCUT2D eigenvalue weighted by Crippen LogP contribution is 2.30. The molecule has 0 saturated heterocycles. The van der Waals surface area contributed by atoms with Gasteiger partial charge in [-0.25, -0.2) is 13.2 Å². The Labute approximate surface area is 111 Å². The summed E-state index contributed by atoms with van der Waals surface area (Å²) in [6, 6.07) is 4.38. The Morgan fingerprint density at radius 1 is 1.10 bits per heavy atom. The number of nitrogens with one attached hydrogen (secondary N) is 1. The molecule has 0 bridgehead atoms. The molecular weight excluding hydrogens is 275 g/mol. The summed E-state index contributed by atoms with van der Waals surface area (Å²) in [5.41, 5.74) is 4.71. The van der Waals surface area contributed by atoms with E-state index in [2.05, 4.69) is 5.32 Å². The number of non-ortho nitro benzene ring substituents is 1. The van der Waals surface area contributed by atoms with Gasteiger partial charge in [-0.1, -0.05) is 0 Å². The van der Waals surface area contributed by atoms with Gasteiger partial charge in [0, 0.05) is 24.3 Å². The predicted molar refractivity (Wildman–Crippen MR) is 67.1 cm³/mol. The second kappa shape index (κ2) is 5.08. The lowest BCUT2D eigenvalue weighted by Crippen LogP contribution is -2.02. The van der Waals surface area contributed by atoms with E-state index >= 15 is 0 Å². The van der Waals surface area contributed by atoms with Crippen molar-refractivity contribution in [1.29, 1.82) is 0 Å². The number of nitrogen functional groups attached to an aromatic ring is 1. The fourth-order valence-electron chi connectivity index (χ4n) is 1.57. The summed E-state index contributed by atoms with van der Waals surface area (Å²) in [6.45, 7) is 0. The van der Waals surface area contributed by atoms with Crippen LogP contribution in [-0.2, 0) is 0 Å². The number of hydrogen-bond acceptors (Lipinski definition) is 4. The van der Waals surface area contributed by atoms with Gasteiger partial charge in [0.2, 0.25) is 0 Å². The molecule has 0 amide bonds. The summed E-state index contributed by atoms with van der Waals surface area (Å²) < 4.78 is 39.6. The van der Waals surface area contributed by atoms with Crippen LogP contribution >= 0.6 is 0 Å². The van der Waals surface area contributed by atoms with Crippen molar-refractivity contribution < 1.29 is 18.1 Å². The topological polar surface area (TPSA) is 81.2 Å². The molecule has 0 spiro atoms. The number of nitro groups is 1. The molecular formula is C12H8F3N3O2. The number of nitrogens with two attached hydrogens (primary N) is 1. The van der Waals surface area contributed by atoms with Gasteiger partial charge in [0.15, 0.2) is 11.6 Å². The third-order valence-corrected chi connectivity index (χ3v) is 2.51. The zero-order valence-corrected chi connectivity index (χ0v) is 9.86. The van der Waals surface area contributed by atoms with Gasteiger partial charge in [-0.2, -0.15) is 0 Å². The second-order valence-corrected chi connectivity index (χ2v) is 3.90. The first kappa shape index (κ1) is 13.7. The average Bonchev–Trinajstić information content (AvgIpc) is 2.34. The first-order valence-corrected chi connectivity index (χ1v) is 5.34. The normalized spacial score (nSPS) is 10.3. The molecule has 104 valence electrons. The molecule has 0 aliphatic heterocycles. The minimum absolute atomic E-state index is 0.0673. The molecule has 0 radical (unpaired) electrons. The van der Waals surface area contributed by atoms with Gasteiger partial charge in [-0.3, -0.25) is 10.1 Å². The first-order valence-electron chi connectivity index (χ1n) is 5.34. The Kier molecular flexibility index (Phi) is 3.47. The van der Waals surface area contributed by atoms with E-state index in [1.165, 1.54) is 6.07 Å². The first-order chi connectivity index (χ1) is 9.38. The zero-order chi connectivity index (χ0) is 14.9. The third-order valence-electron chi connectivity index (χ3n) is 2.51. The summed E-state index contributed by atoms with van der Waals surface area (Å²) in [5.74, 6) is -3.33. The van der Waals surface area contributed by atoms with Crippen LogP contribution < -0.4 is 11.1 Å². The van der Waals surface area contributed by atoms with Crippen LogP contribution in [0.3, 0.4) is 0 Å². The molecule has 3 N–H and O–H groups in total. The Hall–Kier alpha value is -2.77. The second-order valence-electron chi connectivity index (χ2n) is 3.90. The molecule has 2 aromatic carbocycles. The predicted octanol–water partition coefficient (Wildman–Crippen LogP) is 3.34. The lowest BCUT2D eigenvalue weighted by Gasteiger charge is -2.11. The van der Waals surface area contributed by atoms with E-state index in [0.717, 1.165) is 12.1 Å². The van der Waals surface area contributed by atoms with Crippen LogP contribution in [0.25, 0.3) is 0 Å². The molecule has 5 nitrogen and oxygen atoms in total. The lowest BCUT2D eigenvalue weighted by molar-refractivity contribution is -0.384. The largest absolute Gasteiger partial charge is 0.397 e. The van der Waals surface area contributed by atoms with Crippen LogP contribution in [0.1, 0.15) is 0 Å². The zero-order valence-electron chi connectivity index (χ0n) is 9.86. The van der Waals surface area contributed by atoms with E-state index in [0.29, 0.717) is 12.1 Å². The minimum atomic E-state index is -1.14. The Morgan fingerprint density at radius 2 is 1.70 bits per heavy atom. The minimum Gasteiger partial charge on any atom is -0.397 e. The number of nitrogens with zero attached hydrogens (tertiary/aromatic N) is 1. The molecule has 0 unspecified atom stereocenters. The van der Waals surface area contributed by atoms with E-state index in [1.807, 2.05) is 0 Å². The highest BCUT2D eigenvalue weighted by molar-refractivity contribution is 5.75. The molecule has 0 fully saturated rings. The van der Waals surface area contributed by atoms with Crippen molar-refractivity contribution in [1.82, 2.24) is 0 Å². The van der Waals surface area contributed by atoms with Crippen molar-refractivity contribution in [3.8, 4) is 0 Å². The van der Waals surface area contributed by atoms with Gasteiger partial charge in [0.05, 0.1) is 16.3 Å². The molecule has 20 heavy (non-hydrogen) atoms. The van der Waals surface area contributed by atoms with E-state index in [9.17, 15) is 23.3 Å². The van der Waals surface area contributed by atoms with Crippen LogP contribution in [-0.4, -0.2) is 4.92 Å². The van der Waals surface area contributed by atoms with Gasteiger partial charge in [-0.05, 0) is 6.07 Å². The van der Waals surface area contributed by atoms with E-state index in [-0.39, 0.29) is 17.1 Å². The highest BCUT2D eigenvalue weighted by atomic mass is 19.1. The summed E-state index contributed by atoms with van der Waals surface area (Å²) in [4.78, 5) is 9.88. The van der Waals surface area contributed by atoms with Gasteiger partial charge >= 0.3 is 0 Å². The Balaban J connectivity index is 2.38. The molecule has 0 aliphatic carbocycles. The summed E-state index contributed by atoms with van der Waals surface area (Å²) in [6.07, 6.45) is 0. The standard InChI is InChI=1S/C12H8F3N3O2/c13-6-3-8(14)12(9(15)4-6)17-11-2-1-7(18(19)20)5-10(11)16/h1-5,17H,16H2. The van der Waals surface area contributed by atoms with E-state index < -0.39 is 28.1 Å². The van der Waals surface area contributed by atoms with E-state index in [4.69, 9.17) is 5.73 Å². The van der Waals surface area contributed by atoms with Gasteiger partial charge in [0.1, 0.15) is 11.5 Å². The number of rotatable bonds is 3. The van der Waals surface area contributed by atoms with Gasteiger partial charge in [-0.15, -0.1) is 0 Å². The van der Waals surface area contributed by atoms with Crippen molar-refractivity contribution in [2.45, 2.75) is 0 Å². The number of halogens is 3. The average molecular weight is 283 g/mol. The fraction of sp³-hybridized carbons (Fsp3) is 0. The van der Waals surface area contributed by atoms with Crippen molar-refractivity contribution in [3.05, 3.63) is 57.9 Å². The lowest BCUT2D eigenvalue weighted by atomic mass is 10.2. The van der Waals surface area contributed by atoms with Crippen LogP contribution in [0.5, 0.6) is 0 Å². The third kappa shape index (κ3) is 2.63. The summed E-state index contributed by atoms with van der Waals surface area (Å²) in [5, 5.41) is 12.9. The maximum Gasteiger partial charge on any atom is 0.271 e. The van der Waals surface area contributed by atoms with Crippen molar-refractivity contribution in [3.63, 3.8) is 0 Å². The summed E-state index contributed by atoms with van der Waals surface area (Å²) >= 11 is 0. The van der Waals surface area contributed by atoms with Gasteiger partial charge < -0.3 is 11.1 Å². The van der Waals surface area contributed by atoms with Crippen molar-refractivity contribution in [2.75, 3.05) is 11.1 Å². The van der Waals surface area contributed by atoms with Crippen LogP contribution in [0.15, 0.2) is 30.3 Å². The Bertz CT molecular complexity index is 669. The molecule has 0 aromatic heterocycles. The van der Waals surface area contributed by atoms with Crippen molar-refractivity contribution >= 4 is 22.7 Å². The van der Waals surface area contributed by atoms with Gasteiger partial charge in [0.25, 0.3) is 5.69 Å². The number of benzene rings is 2. The number of anilines is 3. The molecule has 2 aromatic rings. The monoisotopic (exact) mass is 283 g/mol. The molecule has 0 saturated carbocycles. The smallest absolute Gasteiger partial charge is 0.271 e. The van der Waals surface area contributed by atoms with Crippen molar-refractivity contribution in [2.24, 2.45) is 0 Å². The SMILES string of the molecule is Nc1cc([N+](=O)[O-])ccc1Nc1c(F)cc(F)cc1F. The highest BCUT2D eigenvalue weighted by Gasteiger charge is 2.14. The maximum absolute atomic E-state index is 13.4. The fourth-order valence-corrected chi connectivity index (χ4v) is 1.57. The number of nitro benzene ring substituents is 1.